The van der Waals surface area contributed by atoms with Crippen LogP contribution in [0, 0.1) is 5.92 Å². The highest BCUT2D eigenvalue weighted by atomic mass is 16.4. The zero-order chi connectivity index (χ0) is 17.6. The number of piperazine rings is 1. The van der Waals surface area contributed by atoms with E-state index in [-0.39, 0.29) is 38.0 Å². The number of carbonyl (C=O) groups excluding carboxylic acids is 3. The van der Waals surface area contributed by atoms with Crippen molar-refractivity contribution < 1.29 is 24.3 Å². The second-order valence-electron chi connectivity index (χ2n) is 5.86. The number of hydrogen-bond donors (Lipinski definition) is 2. The molecular formula is C15H23N3O5. The van der Waals surface area contributed by atoms with Gasteiger partial charge in [0.25, 0.3) is 0 Å². The minimum atomic E-state index is -1.09. The molecule has 1 aliphatic heterocycles. The summed E-state index contributed by atoms with van der Waals surface area (Å²) in [5, 5.41) is 11.3. The summed E-state index contributed by atoms with van der Waals surface area (Å²) in [5.41, 5.74) is 0. The van der Waals surface area contributed by atoms with E-state index in [9.17, 15) is 19.2 Å². The standard InChI is InChI=1S/C15H23N3O5/c1-4-12(19)16-11(7-10(2)3)15(23)18-6-5-17(9-14(21)22)13(20)8-18/h4,10-11H,1,5-9H2,2-3H3,(H,16,19)(H,21,22)/t11-/m0/s1. The normalized spacial score (nSPS) is 16.2. The molecule has 1 heterocycles. The fourth-order valence-electron chi connectivity index (χ4n) is 2.37. The van der Waals surface area contributed by atoms with E-state index in [1.807, 2.05) is 13.8 Å². The molecule has 1 atom stereocenters. The average Bonchev–Trinajstić information content (AvgIpc) is 2.46. The van der Waals surface area contributed by atoms with Gasteiger partial charge in [0, 0.05) is 13.1 Å². The molecule has 0 aromatic rings. The quantitative estimate of drug-likeness (QED) is 0.611. The van der Waals surface area contributed by atoms with E-state index in [1.165, 1.54) is 9.80 Å². The van der Waals surface area contributed by atoms with E-state index in [0.717, 1.165) is 6.08 Å². The van der Waals surface area contributed by atoms with Gasteiger partial charge in [-0.05, 0) is 18.4 Å². The fraction of sp³-hybridized carbons (Fsp3) is 0.600. The van der Waals surface area contributed by atoms with E-state index in [0.29, 0.717) is 6.42 Å². The van der Waals surface area contributed by atoms with Crippen LogP contribution < -0.4 is 5.32 Å². The number of carbonyl (C=O) groups is 4. The minimum absolute atomic E-state index is 0.167. The summed E-state index contributed by atoms with van der Waals surface area (Å²) in [6.07, 6.45) is 1.54. The molecular weight excluding hydrogens is 302 g/mol. The highest BCUT2D eigenvalue weighted by molar-refractivity contribution is 5.94. The monoisotopic (exact) mass is 325 g/mol. The van der Waals surface area contributed by atoms with Crippen molar-refractivity contribution in [3.05, 3.63) is 12.7 Å². The molecule has 0 aromatic heterocycles. The molecule has 1 rings (SSSR count). The molecule has 0 unspecified atom stereocenters. The molecule has 0 spiro atoms. The first kappa shape index (κ1) is 18.7. The maximum absolute atomic E-state index is 12.5. The van der Waals surface area contributed by atoms with Crippen LogP contribution in [0.1, 0.15) is 20.3 Å². The van der Waals surface area contributed by atoms with Crippen molar-refractivity contribution >= 4 is 23.7 Å². The van der Waals surface area contributed by atoms with Crippen molar-refractivity contribution in [3.8, 4) is 0 Å². The number of aliphatic carboxylic acids is 1. The second-order valence-corrected chi connectivity index (χ2v) is 5.86. The largest absolute Gasteiger partial charge is 0.480 e. The van der Waals surface area contributed by atoms with Crippen LogP contribution in [-0.4, -0.2) is 70.8 Å². The average molecular weight is 325 g/mol. The summed E-state index contributed by atoms with van der Waals surface area (Å²) in [4.78, 5) is 49.2. The topological polar surface area (TPSA) is 107 Å². The Labute approximate surface area is 135 Å². The Morgan fingerprint density at radius 2 is 2.00 bits per heavy atom. The van der Waals surface area contributed by atoms with Gasteiger partial charge in [0.1, 0.15) is 12.6 Å². The fourth-order valence-corrected chi connectivity index (χ4v) is 2.37. The van der Waals surface area contributed by atoms with Crippen LogP contribution in [0.3, 0.4) is 0 Å². The van der Waals surface area contributed by atoms with Crippen LogP contribution in [0.4, 0.5) is 0 Å². The van der Waals surface area contributed by atoms with E-state index >= 15 is 0 Å². The van der Waals surface area contributed by atoms with Crippen LogP contribution >= 0.6 is 0 Å². The van der Waals surface area contributed by atoms with E-state index < -0.39 is 23.8 Å². The molecule has 23 heavy (non-hydrogen) atoms. The van der Waals surface area contributed by atoms with Gasteiger partial charge >= 0.3 is 5.97 Å². The van der Waals surface area contributed by atoms with Gasteiger partial charge in [-0.25, -0.2) is 0 Å². The zero-order valence-electron chi connectivity index (χ0n) is 13.4. The third-order valence-electron chi connectivity index (χ3n) is 3.46. The molecule has 0 radical (unpaired) electrons. The Bertz CT molecular complexity index is 503. The van der Waals surface area contributed by atoms with Crippen LogP contribution in [0.2, 0.25) is 0 Å². The van der Waals surface area contributed by atoms with Gasteiger partial charge in [-0.15, -0.1) is 0 Å². The lowest BCUT2D eigenvalue weighted by Crippen LogP contribution is -2.57. The number of carboxylic acid groups (broad SMARTS) is 1. The predicted octanol–water partition coefficient (Wildman–Crippen LogP) is -0.541. The van der Waals surface area contributed by atoms with Gasteiger partial charge in [-0.2, -0.15) is 0 Å². The van der Waals surface area contributed by atoms with Crippen molar-refractivity contribution in [2.45, 2.75) is 26.3 Å². The van der Waals surface area contributed by atoms with Gasteiger partial charge < -0.3 is 20.2 Å². The first-order valence-corrected chi connectivity index (χ1v) is 7.45. The first-order chi connectivity index (χ1) is 10.7. The molecule has 128 valence electrons. The maximum atomic E-state index is 12.5. The van der Waals surface area contributed by atoms with Gasteiger partial charge in [0.15, 0.2) is 0 Å². The molecule has 0 bridgehead atoms. The smallest absolute Gasteiger partial charge is 0.323 e. The Morgan fingerprint density at radius 1 is 1.35 bits per heavy atom. The van der Waals surface area contributed by atoms with Crippen LogP contribution in [-0.2, 0) is 19.2 Å². The highest BCUT2D eigenvalue weighted by Crippen LogP contribution is 2.11. The number of amides is 3. The molecule has 3 amide bonds. The lowest BCUT2D eigenvalue weighted by Gasteiger charge is -2.35. The summed E-state index contributed by atoms with van der Waals surface area (Å²) in [6, 6.07) is -0.723. The molecule has 2 N–H and O–H groups in total. The van der Waals surface area contributed by atoms with Crippen molar-refractivity contribution in [2.24, 2.45) is 5.92 Å². The van der Waals surface area contributed by atoms with E-state index in [4.69, 9.17) is 5.11 Å². The SMILES string of the molecule is C=CC(=O)N[C@@H](CC(C)C)C(=O)N1CCN(CC(=O)O)C(=O)C1. The van der Waals surface area contributed by atoms with Crippen molar-refractivity contribution in [2.75, 3.05) is 26.2 Å². The van der Waals surface area contributed by atoms with E-state index in [2.05, 4.69) is 11.9 Å². The molecule has 0 aliphatic carbocycles. The van der Waals surface area contributed by atoms with Gasteiger partial charge in [0.05, 0.1) is 6.54 Å². The third-order valence-corrected chi connectivity index (χ3v) is 3.46. The second kappa shape index (κ2) is 8.30. The summed E-state index contributed by atoms with van der Waals surface area (Å²) in [7, 11) is 0. The third kappa shape index (κ3) is 5.72. The summed E-state index contributed by atoms with van der Waals surface area (Å²) >= 11 is 0. The van der Waals surface area contributed by atoms with E-state index in [1.54, 1.807) is 0 Å². The van der Waals surface area contributed by atoms with Crippen LogP contribution in [0.25, 0.3) is 0 Å². The van der Waals surface area contributed by atoms with Gasteiger partial charge in [0.2, 0.25) is 17.7 Å². The number of rotatable bonds is 7. The number of nitrogens with zero attached hydrogens (tertiary/aromatic N) is 2. The van der Waals surface area contributed by atoms with Gasteiger partial charge in [-0.1, -0.05) is 20.4 Å². The molecule has 1 fully saturated rings. The Balaban J connectivity index is 2.73. The minimum Gasteiger partial charge on any atom is -0.480 e. The van der Waals surface area contributed by atoms with Crippen molar-refractivity contribution in [3.63, 3.8) is 0 Å². The first-order valence-electron chi connectivity index (χ1n) is 7.45. The molecule has 8 nitrogen and oxygen atoms in total. The van der Waals surface area contributed by atoms with Crippen LogP contribution in [0.5, 0.6) is 0 Å². The lowest BCUT2D eigenvalue weighted by atomic mass is 10.0. The Morgan fingerprint density at radius 3 is 2.48 bits per heavy atom. The highest BCUT2D eigenvalue weighted by Gasteiger charge is 2.32. The molecule has 8 heteroatoms. The summed E-state index contributed by atoms with van der Waals surface area (Å²) < 4.78 is 0. The van der Waals surface area contributed by atoms with Crippen LogP contribution in [0.15, 0.2) is 12.7 Å². The summed E-state index contributed by atoms with van der Waals surface area (Å²) in [6.45, 7) is 7.08. The zero-order valence-corrected chi connectivity index (χ0v) is 13.4. The Kier molecular flexibility index (Phi) is 6.74. The molecule has 0 aromatic carbocycles. The number of nitrogens with one attached hydrogen (secondary N) is 1. The molecule has 0 saturated carbocycles. The molecule has 1 aliphatic rings. The summed E-state index contributed by atoms with van der Waals surface area (Å²) in [5.74, 6) is -2.10. The maximum Gasteiger partial charge on any atom is 0.323 e. The Hall–Kier alpha value is -2.38. The van der Waals surface area contributed by atoms with Crippen molar-refractivity contribution in [1.82, 2.24) is 15.1 Å². The number of carboxylic acids is 1. The molecule has 1 saturated heterocycles. The van der Waals surface area contributed by atoms with Gasteiger partial charge in [-0.3, -0.25) is 19.2 Å². The van der Waals surface area contributed by atoms with Crippen molar-refractivity contribution in [1.29, 1.82) is 0 Å². The predicted molar refractivity (Wildman–Crippen MR) is 82.4 cm³/mol. The number of hydrogen-bond acceptors (Lipinski definition) is 4. The lowest BCUT2D eigenvalue weighted by molar-refractivity contribution is -0.151.